The molecule has 0 spiro atoms. The van der Waals surface area contributed by atoms with Crippen molar-refractivity contribution in [2.75, 3.05) is 25.1 Å². The predicted octanol–water partition coefficient (Wildman–Crippen LogP) is 4.17. The third-order valence-electron chi connectivity index (χ3n) is 5.76. The van der Waals surface area contributed by atoms with Gasteiger partial charge in [0.2, 0.25) is 0 Å². The van der Waals surface area contributed by atoms with E-state index < -0.39 is 12.1 Å². The summed E-state index contributed by atoms with van der Waals surface area (Å²) in [4.78, 5) is 30.1. The maximum Gasteiger partial charge on any atom is 0.333 e. The number of urea groups is 1. The minimum absolute atomic E-state index is 0.213. The maximum atomic E-state index is 12.8. The summed E-state index contributed by atoms with van der Waals surface area (Å²) in [5, 5.41) is 12.2. The average molecular weight is 506 g/mol. The molecule has 4 aromatic rings. The molecule has 10 heteroatoms. The number of carboxylic acid groups (broad SMARTS) is 1. The Bertz CT molecular complexity index is 1340. The molecule has 0 aliphatic carbocycles. The number of aromatic nitrogens is 3. The van der Waals surface area contributed by atoms with Gasteiger partial charge in [-0.3, -0.25) is 9.88 Å². The third-order valence-corrected chi connectivity index (χ3v) is 6.31. The van der Waals surface area contributed by atoms with Crippen molar-refractivity contribution in [1.29, 1.82) is 0 Å². The molecule has 36 heavy (non-hydrogen) atoms. The number of carbonyl (C=O) groups is 2. The molecule has 2 amide bonds. The van der Waals surface area contributed by atoms with Crippen LogP contribution in [0.25, 0.3) is 22.3 Å². The van der Waals surface area contributed by atoms with E-state index in [1.165, 1.54) is 11.7 Å². The van der Waals surface area contributed by atoms with Gasteiger partial charge in [0.25, 0.3) is 0 Å². The predicted molar refractivity (Wildman–Crippen MR) is 139 cm³/mol. The molecule has 2 aromatic carbocycles. The molecule has 4 rings (SSSR count). The second kappa shape index (κ2) is 11.7. The molecule has 0 saturated heterocycles. The van der Waals surface area contributed by atoms with Crippen LogP contribution in [0.3, 0.4) is 0 Å². The van der Waals surface area contributed by atoms with Gasteiger partial charge in [-0.1, -0.05) is 30.3 Å². The Balaban J connectivity index is 1.37. The lowest BCUT2D eigenvalue weighted by Gasteiger charge is -2.19. The van der Waals surface area contributed by atoms with E-state index in [4.69, 9.17) is 4.74 Å². The van der Waals surface area contributed by atoms with Crippen LogP contribution in [0.4, 0.5) is 10.5 Å². The van der Waals surface area contributed by atoms with E-state index in [1.807, 2.05) is 54.6 Å². The number of benzene rings is 2. The Hall–Kier alpha value is -3.89. The largest absolute Gasteiger partial charge is 0.479 e. The van der Waals surface area contributed by atoms with Crippen LogP contribution in [0.1, 0.15) is 18.1 Å². The van der Waals surface area contributed by atoms with E-state index in [0.29, 0.717) is 19.6 Å². The lowest BCUT2D eigenvalue weighted by molar-refractivity contribution is -0.149. The summed E-state index contributed by atoms with van der Waals surface area (Å²) >= 11 is 1.18. The molecule has 0 radical (unpaired) electrons. The average Bonchev–Trinajstić information content (AvgIpc) is 3.38. The van der Waals surface area contributed by atoms with Crippen molar-refractivity contribution in [2.45, 2.75) is 25.9 Å². The number of hydrogen-bond acceptors (Lipinski definition) is 7. The van der Waals surface area contributed by atoms with Crippen molar-refractivity contribution >= 4 is 40.4 Å². The van der Waals surface area contributed by atoms with Crippen LogP contribution < -0.4 is 10.2 Å². The highest BCUT2D eigenvalue weighted by molar-refractivity contribution is 7.00. The zero-order chi connectivity index (χ0) is 25.5. The molecule has 0 unspecified atom stereocenters. The number of anilines is 1. The van der Waals surface area contributed by atoms with E-state index in [9.17, 15) is 14.7 Å². The number of rotatable bonds is 10. The minimum atomic E-state index is -0.993. The Labute approximate surface area is 213 Å². The lowest BCUT2D eigenvalue weighted by Crippen LogP contribution is -2.38. The number of carboxylic acids is 1. The van der Waals surface area contributed by atoms with E-state index in [1.54, 1.807) is 25.1 Å². The number of fused-ring (bicyclic) bond motifs is 1. The molecular formula is C26H27N5O4S. The normalized spacial score (nSPS) is 11.8. The summed E-state index contributed by atoms with van der Waals surface area (Å²) in [6.07, 6.45) is 1.66. The second-order valence-electron chi connectivity index (χ2n) is 8.18. The monoisotopic (exact) mass is 505 g/mol. The van der Waals surface area contributed by atoms with Gasteiger partial charge >= 0.3 is 12.0 Å². The number of hydrogen-bond donors (Lipinski definition) is 2. The van der Waals surface area contributed by atoms with E-state index >= 15 is 0 Å². The number of nitrogens with zero attached hydrogens (tertiary/aromatic N) is 4. The summed E-state index contributed by atoms with van der Waals surface area (Å²) in [5.74, 6) is -0.993. The number of pyridine rings is 1. The third kappa shape index (κ3) is 6.02. The Morgan fingerprint density at radius 2 is 1.97 bits per heavy atom. The molecule has 0 saturated carbocycles. The van der Waals surface area contributed by atoms with Gasteiger partial charge in [0.05, 0.1) is 17.4 Å². The number of ether oxygens (including phenoxy) is 1. The molecule has 2 N–H and O–H groups in total. The fourth-order valence-corrected chi connectivity index (χ4v) is 4.39. The van der Waals surface area contributed by atoms with Crippen molar-refractivity contribution < 1.29 is 19.4 Å². The van der Waals surface area contributed by atoms with Gasteiger partial charge in [-0.05, 0) is 48.7 Å². The first kappa shape index (κ1) is 25.2. The van der Waals surface area contributed by atoms with Gasteiger partial charge < -0.3 is 15.2 Å². The van der Waals surface area contributed by atoms with Crippen molar-refractivity contribution in [1.82, 2.24) is 19.0 Å². The number of amides is 2. The first-order valence-electron chi connectivity index (χ1n) is 11.6. The summed E-state index contributed by atoms with van der Waals surface area (Å²) in [6.45, 7) is 2.57. The number of nitrogens with one attached hydrogen (secondary N) is 1. The number of carbonyl (C=O) groups excluding carboxylic acids is 1. The molecule has 9 nitrogen and oxygen atoms in total. The molecule has 0 aliphatic heterocycles. The molecule has 2 aromatic heterocycles. The Morgan fingerprint density at radius 3 is 2.72 bits per heavy atom. The molecule has 0 fully saturated rings. The molecular weight excluding hydrogens is 478 g/mol. The van der Waals surface area contributed by atoms with Gasteiger partial charge in [-0.25, -0.2) is 9.59 Å². The van der Waals surface area contributed by atoms with Gasteiger partial charge in [0.1, 0.15) is 11.0 Å². The van der Waals surface area contributed by atoms with E-state index in [0.717, 1.165) is 39.1 Å². The SMILES string of the molecule is CCO[C@@H](Cc1ccc(-c2cccc(N(C)C(=O)NCCc3cccc4nsnc34)c2)nc1)C(=O)O. The molecule has 2 heterocycles. The quantitative estimate of drug-likeness (QED) is 0.332. The van der Waals surface area contributed by atoms with Crippen molar-refractivity contribution in [3.05, 3.63) is 71.9 Å². The summed E-state index contributed by atoms with van der Waals surface area (Å²) in [7, 11) is 1.72. The fraction of sp³-hybridized carbons (Fsp3) is 0.269. The molecule has 186 valence electrons. The molecule has 0 aliphatic rings. The van der Waals surface area contributed by atoms with Gasteiger partial charge in [0.15, 0.2) is 6.10 Å². The lowest BCUT2D eigenvalue weighted by atomic mass is 10.1. The van der Waals surface area contributed by atoms with Crippen LogP contribution in [-0.2, 0) is 22.4 Å². The van der Waals surface area contributed by atoms with Crippen molar-refractivity contribution in [2.24, 2.45) is 0 Å². The minimum Gasteiger partial charge on any atom is -0.479 e. The zero-order valence-corrected chi connectivity index (χ0v) is 20.9. The molecule has 1 atom stereocenters. The summed E-state index contributed by atoms with van der Waals surface area (Å²) in [5.41, 5.74) is 5.88. The smallest absolute Gasteiger partial charge is 0.333 e. The molecule has 0 bridgehead atoms. The van der Waals surface area contributed by atoms with Crippen molar-refractivity contribution in [3.63, 3.8) is 0 Å². The highest BCUT2D eigenvalue weighted by Gasteiger charge is 2.18. The van der Waals surface area contributed by atoms with Crippen LogP contribution in [0.5, 0.6) is 0 Å². The topological polar surface area (TPSA) is 118 Å². The zero-order valence-electron chi connectivity index (χ0n) is 20.0. The fourth-order valence-electron chi connectivity index (χ4n) is 3.83. The van der Waals surface area contributed by atoms with Gasteiger partial charge in [0, 0.05) is 44.1 Å². The highest BCUT2D eigenvalue weighted by atomic mass is 32.1. The van der Waals surface area contributed by atoms with Crippen molar-refractivity contribution in [3.8, 4) is 11.3 Å². The van der Waals surface area contributed by atoms with E-state index in [2.05, 4.69) is 19.0 Å². The Kier molecular flexibility index (Phi) is 8.19. The van der Waals surface area contributed by atoms with Crippen LogP contribution in [-0.4, -0.2) is 57.1 Å². The number of aliphatic carboxylic acids is 1. The maximum absolute atomic E-state index is 12.8. The van der Waals surface area contributed by atoms with Crippen LogP contribution >= 0.6 is 11.7 Å². The first-order chi connectivity index (χ1) is 17.5. The van der Waals surface area contributed by atoms with Crippen LogP contribution in [0, 0.1) is 0 Å². The first-order valence-corrected chi connectivity index (χ1v) is 12.3. The summed E-state index contributed by atoms with van der Waals surface area (Å²) in [6, 6.07) is 16.9. The van der Waals surface area contributed by atoms with Crippen LogP contribution in [0.15, 0.2) is 60.8 Å². The van der Waals surface area contributed by atoms with Crippen LogP contribution in [0.2, 0.25) is 0 Å². The second-order valence-corrected chi connectivity index (χ2v) is 8.71. The van der Waals surface area contributed by atoms with Gasteiger partial charge in [-0.15, -0.1) is 0 Å². The summed E-state index contributed by atoms with van der Waals surface area (Å²) < 4.78 is 13.9. The standard InChI is InChI=1S/C26H27N5O4S/c1-3-35-23(25(32)33)14-17-10-11-21(28-16-17)19-7-4-8-20(15-19)31(2)26(34)27-13-12-18-6-5-9-22-24(18)30-36-29-22/h4-11,15-16,23H,3,12-14H2,1-2H3,(H,27,34)(H,32,33)/t23-/m0/s1. The van der Waals surface area contributed by atoms with Gasteiger partial charge in [-0.2, -0.15) is 8.75 Å². The van der Waals surface area contributed by atoms with E-state index in [-0.39, 0.29) is 12.5 Å². The Morgan fingerprint density at radius 1 is 1.14 bits per heavy atom. The highest BCUT2D eigenvalue weighted by Crippen LogP contribution is 2.23.